The van der Waals surface area contributed by atoms with Gasteiger partial charge in [0.05, 0.1) is 55.9 Å². The summed E-state index contributed by atoms with van der Waals surface area (Å²) in [6, 6.07) is 15.8. The molecule has 1 fully saturated rings. The summed E-state index contributed by atoms with van der Waals surface area (Å²) in [5.41, 5.74) is 4.66. The maximum Gasteiger partial charge on any atom is 0.230 e. The summed E-state index contributed by atoms with van der Waals surface area (Å²) in [7, 11) is 3.25. The van der Waals surface area contributed by atoms with Gasteiger partial charge in [-0.1, -0.05) is 24.3 Å². The van der Waals surface area contributed by atoms with Gasteiger partial charge >= 0.3 is 0 Å². The minimum Gasteiger partial charge on any atom is -0.493 e. The first-order valence-corrected chi connectivity index (χ1v) is 13.6. The lowest BCUT2D eigenvalue weighted by Gasteiger charge is -2.28. The summed E-state index contributed by atoms with van der Waals surface area (Å²) < 4.78 is 26.8. The molecule has 10 heteroatoms. The van der Waals surface area contributed by atoms with Crippen molar-refractivity contribution in [2.45, 2.75) is 25.8 Å². The monoisotopic (exact) mass is 542 g/mol. The van der Waals surface area contributed by atoms with Crippen LogP contribution in [0.3, 0.4) is 0 Å². The smallest absolute Gasteiger partial charge is 0.230 e. The lowest BCUT2D eigenvalue weighted by molar-refractivity contribution is 0.0369. The van der Waals surface area contributed by atoms with Gasteiger partial charge in [-0.3, -0.25) is 10.3 Å². The highest BCUT2D eigenvalue weighted by atomic mass is 16.5. The molecule has 2 aromatic heterocycles. The van der Waals surface area contributed by atoms with Crippen molar-refractivity contribution in [2.75, 3.05) is 47.1 Å². The van der Waals surface area contributed by atoms with E-state index in [-0.39, 0.29) is 5.92 Å². The molecular formula is C30H34N6O4. The Morgan fingerprint density at radius 2 is 1.75 bits per heavy atom. The van der Waals surface area contributed by atoms with Crippen molar-refractivity contribution in [1.82, 2.24) is 24.2 Å². The number of hydrogen-bond acceptors (Lipinski definition) is 8. The van der Waals surface area contributed by atoms with Crippen LogP contribution in [0.2, 0.25) is 0 Å². The van der Waals surface area contributed by atoms with Gasteiger partial charge in [-0.25, -0.2) is 9.67 Å². The number of nitrogens with zero attached hydrogens (tertiary/aromatic N) is 5. The molecule has 2 aliphatic heterocycles. The van der Waals surface area contributed by atoms with E-state index in [1.54, 1.807) is 20.5 Å². The molecule has 10 nitrogen and oxygen atoms in total. The predicted molar refractivity (Wildman–Crippen MR) is 149 cm³/mol. The lowest BCUT2D eigenvalue weighted by atomic mass is 9.84. The molecule has 0 spiro atoms. The minimum absolute atomic E-state index is 0.331. The highest BCUT2D eigenvalue weighted by Gasteiger charge is 2.37. The van der Waals surface area contributed by atoms with Crippen molar-refractivity contribution in [3.63, 3.8) is 0 Å². The second kappa shape index (κ2) is 11.1. The fourth-order valence-electron chi connectivity index (χ4n) is 5.60. The Balaban J connectivity index is 1.44. The van der Waals surface area contributed by atoms with Crippen LogP contribution in [0.4, 0.5) is 0 Å². The Hall–Kier alpha value is -4.15. The summed E-state index contributed by atoms with van der Waals surface area (Å²) in [6.45, 7) is 7.07. The highest BCUT2D eigenvalue weighted by Crippen LogP contribution is 2.48. The molecular weight excluding hydrogens is 508 g/mol. The molecule has 4 heterocycles. The molecule has 1 saturated heterocycles. The molecule has 6 rings (SSSR count). The molecule has 2 aromatic carbocycles. The molecule has 4 aromatic rings. The molecule has 1 atom stereocenters. The standard InChI is InChI=1S/C30H34N6O4/c1-20-25-26(21-10-11-23(37-2)24(18-21)38-3)27-28(31)35(13-7-12-34-14-16-39-17-15-34)19-32-29(27)40-30(25)36(33-20)22-8-5-4-6-9-22/h4-6,8-11,18-19,26,31H,7,12-17H2,1-3H3. The first-order valence-electron chi connectivity index (χ1n) is 13.6. The number of methoxy groups -OCH3 is 2. The number of ether oxygens (including phenoxy) is 4. The minimum atomic E-state index is -0.331. The fourth-order valence-corrected chi connectivity index (χ4v) is 5.60. The van der Waals surface area contributed by atoms with E-state index in [9.17, 15) is 5.41 Å². The van der Waals surface area contributed by atoms with E-state index in [0.29, 0.717) is 40.9 Å². The number of rotatable bonds is 8. The molecule has 0 aliphatic carbocycles. The van der Waals surface area contributed by atoms with Crippen LogP contribution < -0.4 is 19.7 Å². The summed E-state index contributed by atoms with van der Waals surface area (Å²) in [6.07, 6.45) is 2.63. The van der Waals surface area contributed by atoms with Crippen molar-refractivity contribution in [1.29, 1.82) is 5.41 Å². The molecule has 0 bridgehead atoms. The third kappa shape index (κ3) is 4.73. The van der Waals surface area contributed by atoms with E-state index in [2.05, 4.69) is 4.90 Å². The van der Waals surface area contributed by atoms with Gasteiger partial charge < -0.3 is 23.5 Å². The largest absolute Gasteiger partial charge is 0.493 e. The number of nitrogens with one attached hydrogen (secondary N) is 1. The predicted octanol–water partition coefficient (Wildman–Crippen LogP) is 3.88. The van der Waals surface area contributed by atoms with E-state index in [1.807, 2.05) is 64.7 Å². The first-order chi connectivity index (χ1) is 19.6. The van der Waals surface area contributed by atoms with Crippen molar-refractivity contribution in [3.05, 3.63) is 82.7 Å². The summed E-state index contributed by atoms with van der Waals surface area (Å²) in [5, 5.41) is 14.2. The zero-order valence-electron chi connectivity index (χ0n) is 23.1. The lowest BCUT2D eigenvalue weighted by Crippen LogP contribution is -2.37. The van der Waals surface area contributed by atoms with Crippen LogP contribution in [-0.4, -0.2) is 71.3 Å². The summed E-state index contributed by atoms with van der Waals surface area (Å²) in [5.74, 6) is 1.96. The second-order valence-electron chi connectivity index (χ2n) is 10.0. The van der Waals surface area contributed by atoms with Gasteiger partial charge in [0.25, 0.3) is 0 Å². The maximum atomic E-state index is 9.31. The van der Waals surface area contributed by atoms with Gasteiger partial charge in [-0.2, -0.15) is 5.10 Å². The number of para-hydroxylation sites is 1. The third-order valence-corrected chi connectivity index (χ3v) is 7.64. The maximum absolute atomic E-state index is 9.31. The molecule has 40 heavy (non-hydrogen) atoms. The van der Waals surface area contributed by atoms with Crippen molar-refractivity contribution < 1.29 is 18.9 Å². The SMILES string of the molecule is COc1ccc(C2c3c(C)nn(-c4ccccc4)c3Oc3ncn(CCCN4CCOCC4)c(=N)c32)cc1OC. The average Bonchev–Trinajstić information content (AvgIpc) is 3.33. The van der Waals surface area contributed by atoms with Gasteiger partial charge in [-0.05, 0) is 43.2 Å². The van der Waals surface area contributed by atoms with E-state index in [1.165, 1.54) is 0 Å². The van der Waals surface area contributed by atoms with Crippen LogP contribution in [0, 0.1) is 12.3 Å². The molecule has 0 radical (unpaired) electrons. The zero-order valence-corrected chi connectivity index (χ0v) is 23.1. The average molecular weight is 543 g/mol. The molecule has 208 valence electrons. The highest BCUT2D eigenvalue weighted by molar-refractivity contribution is 5.59. The van der Waals surface area contributed by atoms with E-state index in [4.69, 9.17) is 29.0 Å². The van der Waals surface area contributed by atoms with Crippen LogP contribution in [0.1, 0.15) is 34.7 Å². The quantitative estimate of drug-likeness (QED) is 0.318. The zero-order chi connectivity index (χ0) is 27.6. The molecule has 0 amide bonds. The van der Waals surface area contributed by atoms with Crippen LogP contribution in [0.5, 0.6) is 23.3 Å². The van der Waals surface area contributed by atoms with Gasteiger partial charge in [0.2, 0.25) is 11.8 Å². The van der Waals surface area contributed by atoms with E-state index >= 15 is 0 Å². The van der Waals surface area contributed by atoms with E-state index in [0.717, 1.165) is 61.8 Å². The number of hydrogen-bond donors (Lipinski definition) is 1. The third-order valence-electron chi connectivity index (χ3n) is 7.64. The number of benzene rings is 2. The van der Waals surface area contributed by atoms with Crippen LogP contribution in [0.15, 0.2) is 54.9 Å². The van der Waals surface area contributed by atoms with Crippen LogP contribution in [-0.2, 0) is 11.3 Å². The van der Waals surface area contributed by atoms with Gasteiger partial charge in [0.15, 0.2) is 11.5 Å². The number of aryl methyl sites for hydroxylation is 2. The normalized spacial score (nSPS) is 16.6. The Morgan fingerprint density at radius 1 is 0.975 bits per heavy atom. The fraction of sp³-hybridized carbons (Fsp3) is 0.367. The van der Waals surface area contributed by atoms with E-state index < -0.39 is 0 Å². The summed E-state index contributed by atoms with van der Waals surface area (Å²) >= 11 is 0. The molecule has 0 saturated carbocycles. The van der Waals surface area contributed by atoms with Gasteiger partial charge in [0.1, 0.15) is 11.8 Å². The topological polar surface area (TPSA) is 99.7 Å². The Bertz CT molecular complexity index is 1560. The van der Waals surface area contributed by atoms with Crippen LogP contribution in [0.25, 0.3) is 5.69 Å². The second-order valence-corrected chi connectivity index (χ2v) is 10.0. The Kier molecular flexibility index (Phi) is 7.27. The molecule has 1 unspecified atom stereocenters. The Labute approximate surface area is 233 Å². The number of fused-ring (bicyclic) bond motifs is 2. The number of aromatic nitrogens is 4. The Morgan fingerprint density at radius 3 is 2.50 bits per heavy atom. The molecule has 2 aliphatic rings. The van der Waals surface area contributed by atoms with Crippen molar-refractivity contribution in [2.24, 2.45) is 0 Å². The van der Waals surface area contributed by atoms with Crippen molar-refractivity contribution >= 4 is 0 Å². The number of morpholine rings is 1. The van der Waals surface area contributed by atoms with Crippen molar-refractivity contribution in [3.8, 4) is 28.9 Å². The summed E-state index contributed by atoms with van der Waals surface area (Å²) in [4.78, 5) is 7.14. The van der Waals surface area contributed by atoms with Gasteiger partial charge in [-0.15, -0.1) is 0 Å². The van der Waals surface area contributed by atoms with Crippen LogP contribution >= 0.6 is 0 Å². The van der Waals surface area contributed by atoms with Gasteiger partial charge in [0, 0.05) is 26.2 Å². The molecule has 1 N–H and O–H groups in total. The first kappa shape index (κ1) is 26.1.